The zero-order valence-electron chi connectivity index (χ0n) is 11.3. The van der Waals surface area contributed by atoms with Crippen LogP contribution in [0.4, 0.5) is 5.69 Å². The number of hydrogen-bond donors (Lipinski definition) is 1. The smallest absolute Gasteiger partial charge is 0.0519 e. The number of anilines is 1. The molecule has 0 saturated heterocycles. The van der Waals surface area contributed by atoms with Gasteiger partial charge in [-0.15, -0.1) is 0 Å². The summed E-state index contributed by atoms with van der Waals surface area (Å²) in [5.74, 6) is 0. The van der Waals surface area contributed by atoms with Crippen LogP contribution in [0.1, 0.15) is 34.7 Å². The van der Waals surface area contributed by atoms with Gasteiger partial charge >= 0.3 is 0 Å². The highest BCUT2D eigenvalue weighted by Gasteiger charge is 2.22. The normalized spacial score (nSPS) is 17.3. The fourth-order valence-corrected chi connectivity index (χ4v) is 3.31. The van der Waals surface area contributed by atoms with Crippen LogP contribution >= 0.6 is 15.9 Å². The third-order valence-electron chi connectivity index (χ3n) is 3.89. The van der Waals surface area contributed by atoms with E-state index in [1.165, 1.54) is 38.8 Å². The molecule has 1 aliphatic rings. The number of aryl methyl sites for hydroxylation is 3. The molecule has 0 aromatic heterocycles. The first-order valence-electron chi connectivity index (χ1n) is 6.75. The van der Waals surface area contributed by atoms with E-state index in [1.807, 2.05) is 0 Å². The molecular weight excluding hydrogens is 298 g/mol. The fourth-order valence-electron chi connectivity index (χ4n) is 2.90. The van der Waals surface area contributed by atoms with Gasteiger partial charge in [0, 0.05) is 10.2 Å². The number of nitrogens with one attached hydrogen (secondary N) is 1. The number of rotatable bonds is 2. The maximum Gasteiger partial charge on any atom is 0.0519 e. The first kappa shape index (κ1) is 12.7. The molecule has 19 heavy (non-hydrogen) atoms. The summed E-state index contributed by atoms with van der Waals surface area (Å²) in [6, 6.07) is 13.7. The first-order valence-corrected chi connectivity index (χ1v) is 7.55. The fraction of sp³-hybridized carbons (Fsp3) is 0.294. The van der Waals surface area contributed by atoms with Gasteiger partial charge in [0.15, 0.2) is 0 Å². The van der Waals surface area contributed by atoms with Crippen LogP contribution in [0.5, 0.6) is 0 Å². The monoisotopic (exact) mass is 315 g/mol. The Morgan fingerprint density at radius 1 is 1.11 bits per heavy atom. The summed E-state index contributed by atoms with van der Waals surface area (Å²) in [4.78, 5) is 0. The Labute approximate surface area is 123 Å². The lowest BCUT2D eigenvalue weighted by Crippen LogP contribution is -2.08. The van der Waals surface area contributed by atoms with Crippen molar-refractivity contribution < 1.29 is 0 Å². The van der Waals surface area contributed by atoms with E-state index in [0.29, 0.717) is 6.04 Å². The van der Waals surface area contributed by atoms with Gasteiger partial charge in [-0.2, -0.15) is 0 Å². The summed E-state index contributed by atoms with van der Waals surface area (Å²) in [6.07, 6.45) is 2.34. The molecular formula is C17H18BrN. The van der Waals surface area contributed by atoms with Gasteiger partial charge in [-0.25, -0.2) is 0 Å². The molecule has 0 amide bonds. The van der Waals surface area contributed by atoms with Crippen molar-refractivity contribution in [2.24, 2.45) is 0 Å². The molecule has 1 N–H and O–H groups in total. The number of benzene rings is 2. The van der Waals surface area contributed by atoms with Gasteiger partial charge in [-0.1, -0.05) is 39.7 Å². The maximum absolute atomic E-state index is 3.70. The van der Waals surface area contributed by atoms with Gasteiger partial charge in [0.05, 0.1) is 6.04 Å². The van der Waals surface area contributed by atoms with Crippen molar-refractivity contribution in [2.75, 3.05) is 5.32 Å². The molecule has 0 bridgehead atoms. The minimum atomic E-state index is 0.449. The number of hydrogen-bond acceptors (Lipinski definition) is 1. The summed E-state index contributed by atoms with van der Waals surface area (Å²) < 4.78 is 1.18. The van der Waals surface area contributed by atoms with Crippen molar-refractivity contribution in [1.82, 2.24) is 0 Å². The maximum atomic E-state index is 3.70. The minimum Gasteiger partial charge on any atom is -0.378 e. The lowest BCUT2D eigenvalue weighted by Gasteiger charge is -2.18. The molecule has 1 nitrogen and oxygen atoms in total. The Kier molecular flexibility index (Phi) is 3.36. The lowest BCUT2D eigenvalue weighted by atomic mass is 10.1. The van der Waals surface area contributed by atoms with Crippen LogP contribution in [-0.2, 0) is 6.42 Å². The Balaban J connectivity index is 1.86. The predicted molar refractivity (Wildman–Crippen MR) is 84.7 cm³/mol. The largest absolute Gasteiger partial charge is 0.378 e. The standard InChI is InChI=1S/C17H18BrN/c1-11-3-7-16(12(2)9-11)19-17-8-4-13-10-14(18)5-6-15(13)17/h3,5-7,9-10,17,19H,4,8H2,1-2H3. The van der Waals surface area contributed by atoms with E-state index in [0.717, 1.165) is 6.42 Å². The summed E-state index contributed by atoms with van der Waals surface area (Å²) in [5.41, 5.74) is 6.82. The summed E-state index contributed by atoms with van der Waals surface area (Å²) in [5, 5.41) is 3.70. The molecule has 3 rings (SSSR count). The quantitative estimate of drug-likeness (QED) is 0.806. The van der Waals surface area contributed by atoms with Gasteiger partial charge in [-0.3, -0.25) is 0 Å². The van der Waals surface area contributed by atoms with Crippen LogP contribution in [-0.4, -0.2) is 0 Å². The third-order valence-corrected chi connectivity index (χ3v) is 4.39. The Hall–Kier alpha value is -1.28. The second-order valence-corrected chi connectivity index (χ2v) is 6.31. The molecule has 98 valence electrons. The Bertz CT molecular complexity index is 619. The molecule has 2 aromatic carbocycles. The average Bonchev–Trinajstić information content (AvgIpc) is 2.75. The van der Waals surface area contributed by atoms with Gasteiger partial charge in [0.2, 0.25) is 0 Å². The summed E-state index contributed by atoms with van der Waals surface area (Å²) >= 11 is 3.55. The van der Waals surface area contributed by atoms with E-state index in [4.69, 9.17) is 0 Å². The van der Waals surface area contributed by atoms with Crippen molar-refractivity contribution in [3.8, 4) is 0 Å². The molecule has 0 aliphatic heterocycles. The second kappa shape index (κ2) is 5.01. The SMILES string of the molecule is Cc1ccc(NC2CCc3cc(Br)ccc32)c(C)c1. The number of fused-ring (bicyclic) bond motifs is 1. The van der Waals surface area contributed by atoms with Crippen LogP contribution < -0.4 is 5.32 Å². The van der Waals surface area contributed by atoms with E-state index < -0.39 is 0 Å². The first-order chi connectivity index (χ1) is 9.13. The van der Waals surface area contributed by atoms with E-state index >= 15 is 0 Å². The van der Waals surface area contributed by atoms with Crippen molar-refractivity contribution >= 4 is 21.6 Å². The summed E-state index contributed by atoms with van der Waals surface area (Å²) in [7, 11) is 0. The molecule has 0 spiro atoms. The molecule has 0 saturated carbocycles. The van der Waals surface area contributed by atoms with Gasteiger partial charge in [-0.05, 0) is 61.6 Å². The van der Waals surface area contributed by atoms with Crippen LogP contribution in [0.25, 0.3) is 0 Å². The highest BCUT2D eigenvalue weighted by molar-refractivity contribution is 9.10. The van der Waals surface area contributed by atoms with Crippen LogP contribution in [0.2, 0.25) is 0 Å². The Morgan fingerprint density at radius 2 is 1.95 bits per heavy atom. The molecule has 1 atom stereocenters. The van der Waals surface area contributed by atoms with E-state index in [9.17, 15) is 0 Å². The molecule has 0 heterocycles. The Morgan fingerprint density at radius 3 is 2.74 bits per heavy atom. The lowest BCUT2D eigenvalue weighted by molar-refractivity contribution is 0.761. The molecule has 2 aromatic rings. The number of halogens is 1. The van der Waals surface area contributed by atoms with E-state index in [1.54, 1.807) is 0 Å². The van der Waals surface area contributed by atoms with Gasteiger partial charge in [0.25, 0.3) is 0 Å². The third kappa shape index (κ3) is 2.55. The van der Waals surface area contributed by atoms with Crippen molar-refractivity contribution in [1.29, 1.82) is 0 Å². The highest BCUT2D eigenvalue weighted by Crippen LogP contribution is 2.36. The van der Waals surface area contributed by atoms with Crippen LogP contribution in [0, 0.1) is 13.8 Å². The summed E-state index contributed by atoms with van der Waals surface area (Å²) in [6.45, 7) is 4.31. The average molecular weight is 316 g/mol. The van der Waals surface area contributed by atoms with Gasteiger partial charge < -0.3 is 5.32 Å². The zero-order valence-corrected chi connectivity index (χ0v) is 12.9. The van der Waals surface area contributed by atoms with E-state index in [-0.39, 0.29) is 0 Å². The van der Waals surface area contributed by atoms with E-state index in [2.05, 4.69) is 71.5 Å². The molecule has 2 heteroatoms. The highest BCUT2D eigenvalue weighted by atomic mass is 79.9. The molecule has 1 aliphatic carbocycles. The van der Waals surface area contributed by atoms with Crippen molar-refractivity contribution in [2.45, 2.75) is 32.7 Å². The second-order valence-electron chi connectivity index (χ2n) is 5.40. The zero-order chi connectivity index (χ0) is 13.4. The molecule has 0 fully saturated rings. The van der Waals surface area contributed by atoms with Crippen molar-refractivity contribution in [3.63, 3.8) is 0 Å². The van der Waals surface area contributed by atoms with Crippen LogP contribution in [0.15, 0.2) is 40.9 Å². The minimum absolute atomic E-state index is 0.449. The van der Waals surface area contributed by atoms with Gasteiger partial charge in [0.1, 0.15) is 0 Å². The molecule has 1 unspecified atom stereocenters. The van der Waals surface area contributed by atoms with Crippen molar-refractivity contribution in [3.05, 3.63) is 63.1 Å². The molecule has 0 radical (unpaired) electrons. The van der Waals surface area contributed by atoms with Crippen LogP contribution in [0.3, 0.4) is 0 Å². The topological polar surface area (TPSA) is 12.0 Å². The predicted octanol–water partition coefficient (Wildman–Crippen LogP) is 5.17.